The van der Waals surface area contributed by atoms with E-state index >= 15 is 0 Å². The van der Waals surface area contributed by atoms with Crippen LogP contribution in [0.2, 0.25) is 0 Å². The van der Waals surface area contributed by atoms with Gasteiger partial charge in [-0.2, -0.15) is 0 Å². The number of aryl methyl sites for hydroxylation is 1. The highest BCUT2D eigenvalue weighted by Gasteiger charge is 2.27. The zero-order chi connectivity index (χ0) is 23.6. The Kier molecular flexibility index (Phi) is 10.3. The highest BCUT2D eigenvalue weighted by Crippen LogP contribution is 2.16. The number of carbonyl (C=O) groups excluding carboxylic acids is 4. The molecule has 4 amide bonds. The summed E-state index contributed by atoms with van der Waals surface area (Å²) in [6.07, 6.45) is 0.0378. The first kappa shape index (κ1) is 26.3. The Morgan fingerprint density at radius 3 is 2.29 bits per heavy atom. The summed E-state index contributed by atoms with van der Waals surface area (Å²) in [4.78, 5) is 48.4. The molecule has 172 valence electrons. The number of anilines is 1. The third-order valence-electron chi connectivity index (χ3n) is 3.92. The minimum atomic E-state index is -0.908. The first-order valence-electron chi connectivity index (χ1n) is 10.0. The first-order chi connectivity index (χ1) is 14.4. The van der Waals surface area contributed by atoms with Crippen molar-refractivity contribution in [1.82, 2.24) is 16.2 Å². The maximum atomic E-state index is 12.4. The van der Waals surface area contributed by atoms with Gasteiger partial charge in [0.25, 0.3) is 11.1 Å². The second-order valence-electron chi connectivity index (χ2n) is 8.12. The Bertz CT molecular complexity index is 792. The Morgan fingerprint density at radius 1 is 1.06 bits per heavy atom. The van der Waals surface area contributed by atoms with E-state index in [0.29, 0.717) is 17.4 Å². The van der Waals surface area contributed by atoms with Crippen LogP contribution in [0.15, 0.2) is 24.3 Å². The fraction of sp³-hybridized carbons (Fsp3) is 0.524. The molecule has 10 heteroatoms. The quantitative estimate of drug-likeness (QED) is 0.471. The van der Waals surface area contributed by atoms with Crippen molar-refractivity contribution in [3.63, 3.8) is 0 Å². The Balaban J connectivity index is 2.48. The number of carbonyl (C=O) groups is 4. The van der Waals surface area contributed by atoms with Crippen molar-refractivity contribution in [1.29, 1.82) is 0 Å². The maximum absolute atomic E-state index is 12.4. The third-order valence-corrected chi connectivity index (χ3v) is 4.69. The molecule has 0 bridgehead atoms. The van der Waals surface area contributed by atoms with E-state index in [-0.39, 0.29) is 17.6 Å². The molecule has 31 heavy (non-hydrogen) atoms. The summed E-state index contributed by atoms with van der Waals surface area (Å²) in [6.45, 7) is 10.6. The zero-order valence-corrected chi connectivity index (χ0v) is 19.6. The highest BCUT2D eigenvalue weighted by molar-refractivity contribution is 8.14. The van der Waals surface area contributed by atoms with Gasteiger partial charge in [-0.3, -0.25) is 25.2 Å². The van der Waals surface area contributed by atoms with E-state index in [1.54, 1.807) is 40.7 Å². The normalized spacial score (nSPS) is 12.0. The molecule has 0 radical (unpaired) electrons. The molecule has 1 atom stereocenters. The van der Waals surface area contributed by atoms with Gasteiger partial charge in [0.1, 0.15) is 11.6 Å². The lowest BCUT2D eigenvalue weighted by atomic mass is 10.0. The summed E-state index contributed by atoms with van der Waals surface area (Å²) < 4.78 is 5.16. The van der Waals surface area contributed by atoms with Crippen LogP contribution >= 0.6 is 11.8 Å². The lowest BCUT2D eigenvalue weighted by molar-refractivity contribution is -0.124. The number of amides is 4. The van der Waals surface area contributed by atoms with E-state index in [1.165, 1.54) is 0 Å². The predicted octanol–water partition coefficient (Wildman–Crippen LogP) is 3.21. The molecule has 0 aliphatic heterocycles. The molecular formula is C21H32N4O5S. The number of thioether (sulfide) groups is 1. The SMILES string of the molecule is CCc1ccccc1NC(=O)CSC(=O)NNC(=O)[C@@H](NC(=O)OC(C)(C)C)C(C)C. The molecule has 1 rings (SSSR count). The smallest absolute Gasteiger partial charge is 0.408 e. The topological polar surface area (TPSA) is 126 Å². The van der Waals surface area contributed by atoms with Gasteiger partial charge in [-0.25, -0.2) is 4.79 Å². The molecule has 0 fully saturated rings. The molecule has 0 aliphatic rings. The van der Waals surface area contributed by atoms with Gasteiger partial charge < -0.3 is 15.4 Å². The summed E-state index contributed by atoms with van der Waals surface area (Å²) in [5.41, 5.74) is 5.49. The van der Waals surface area contributed by atoms with E-state index in [1.807, 2.05) is 25.1 Å². The van der Waals surface area contributed by atoms with Crippen LogP contribution in [0, 0.1) is 5.92 Å². The number of hydrogen-bond acceptors (Lipinski definition) is 6. The Morgan fingerprint density at radius 2 is 1.71 bits per heavy atom. The van der Waals surface area contributed by atoms with Crippen LogP contribution < -0.4 is 21.5 Å². The minimum Gasteiger partial charge on any atom is -0.444 e. The molecule has 1 aromatic carbocycles. The van der Waals surface area contributed by atoms with Crippen LogP contribution in [0.1, 0.15) is 47.1 Å². The van der Waals surface area contributed by atoms with Crippen LogP contribution in [0.3, 0.4) is 0 Å². The summed E-state index contributed by atoms with van der Waals surface area (Å²) in [5.74, 6) is -1.31. The molecular weight excluding hydrogens is 420 g/mol. The lowest BCUT2D eigenvalue weighted by Crippen LogP contribution is -2.54. The largest absolute Gasteiger partial charge is 0.444 e. The summed E-state index contributed by atoms with van der Waals surface area (Å²) in [7, 11) is 0. The van der Waals surface area contributed by atoms with Crippen molar-refractivity contribution in [3.8, 4) is 0 Å². The monoisotopic (exact) mass is 452 g/mol. The Labute approximate surface area is 187 Å². The fourth-order valence-electron chi connectivity index (χ4n) is 2.46. The molecule has 1 aromatic rings. The van der Waals surface area contributed by atoms with Gasteiger partial charge in [-0.05, 0) is 44.7 Å². The van der Waals surface area contributed by atoms with Gasteiger partial charge in [-0.15, -0.1) is 0 Å². The number of hydrogen-bond donors (Lipinski definition) is 4. The third kappa shape index (κ3) is 10.2. The van der Waals surface area contributed by atoms with Crippen molar-refractivity contribution < 1.29 is 23.9 Å². The lowest BCUT2D eigenvalue weighted by Gasteiger charge is -2.25. The summed E-state index contributed by atoms with van der Waals surface area (Å²) in [6, 6.07) is 6.52. The number of benzene rings is 1. The molecule has 0 heterocycles. The molecule has 0 aromatic heterocycles. The number of alkyl carbamates (subject to hydrolysis) is 1. The van der Waals surface area contributed by atoms with E-state index in [4.69, 9.17) is 4.74 Å². The van der Waals surface area contributed by atoms with Crippen molar-refractivity contribution in [2.24, 2.45) is 5.92 Å². The van der Waals surface area contributed by atoms with Gasteiger partial charge in [0.15, 0.2) is 0 Å². The van der Waals surface area contributed by atoms with Crippen molar-refractivity contribution in [2.45, 2.75) is 59.6 Å². The summed E-state index contributed by atoms with van der Waals surface area (Å²) in [5, 5.41) is 4.65. The number of para-hydroxylation sites is 1. The highest BCUT2D eigenvalue weighted by atomic mass is 32.2. The van der Waals surface area contributed by atoms with Crippen LogP contribution in [0.5, 0.6) is 0 Å². The van der Waals surface area contributed by atoms with E-state index < -0.39 is 28.9 Å². The van der Waals surface area contributed by atoms with Gasteiger partial charge in [0.2, 0.25) is 5.91 Å². The zero-order valence-electron chi connectivity index (χ0n) is 18.8. The molecule has 0 saturated carbocycles. The number of nitrogens with one attached hydrogen (secondary N) is 4. The van der Waals surface area contributed by atoms with Gasteiger partial charge in [0, 0.05) is 5.69 Å². The number of rotatable bonds is 7. The van der Waals surface area contributed by atoms with Crippen LogP contribution in [-0.4, -0.2) is 40.5 Å². The fourth-order valence-corrected chi connectivity index (χ4v) is 2.92. The standard InChI is InChI=1S/C21H32N4O5S/c1-7-14-10-8-9-11-15(14)22-16(26)12-31-20(29)25-24-18(27)17(13(2)3)23-19(28)30-21(4,5)6/h8-11,13,17H,7,12H2,1-6H3,(H,22,26)(H,23,28)(H,24,27)(H,25,29)/t17-/m0/s1. The van der Waals surface area contributed by atoms with Crippen molar-refractivity contribution >= 4 is 40.6 Å². The first-order valence-corrected chi connectivity index (χ1v) is 11.0. The second kappa shape index (κ2) is 12.2. The van der Waals surface area contributed by atoms with Crippen molar-refractivity contribution in [3.05, 3.63) is 29.8 Å². The summed E-state index contributed by atoms with van der Waals surface area (Å²) >= 11 is 0.712. The average Bonchev–Trinajstić information content (AvgIpc) is 2.67. The van der Waals surface area contributed by atoms with Gasteiger partial charge in [-0.1, -0.05) is 50.7 Å². The molecule has 0 spiro atoms. The Hall–Kier alpha value is -2.75. The van der Waals surface area contributed by atoms with E-state index in [9.17, 15) is 19.2 Å². The van der Waals surface area contributed by atoms with Crippen LogP contribution in [-0.2, 0) is 20.7 Å². The van der Waals surface area contributed by atoms with Crippen LogP contribution in [0.4, 0.5) is 15.3 Å². The van der Waals surface area contributed by atoms with E-state index in [0.717, 1.165) is 12.0 Å². The van der Waals surface area contributed by atoms with Gasteiger partial charge in [0.05, 0.1) is 5.75 Å². The maximum Gasteiger partial charge on any atom is 0.408 e. The molecule has 0 unspecified atom stereocenters. The molecule has 0 aliphatic carbocycles. The van der Waals surface area contributed by atoms with Crippen molar-refractivity contribution in [2.75, 3.05) is 11.1 Å². The second-order valence-corrected chi connectivity index (χ2v) is 9.07. The molecule has 9 nitrogen and oxygen atoms in total. The van der Waals surface area contributed by atoms with Crippen LogP contribution in [0.25, 0.3) is 0 Å². The number of hydrazine groups is 1. The molecule has 4 N–H and O–H groups in total. The van der Waals surface area contributed by atoms with Gasteiger partial charge >= 0.3 is 6.09 Å². The number of ether oxygens (including phenoxy) is 1. The predicted molar refractivity (Wildman–Crippen MR) is 122 cm³/mol. The van der Waals surface area contributed by atoms with E-state index in [2.05, 4.69) is 21.5 Å². The minimum absolute atomic E-state index is 0.122. The molecule has 0 saturated heterocycles. The average molecular weight is 453 g/mol.